The number of amides is 2. The predicted molar refractivity (Wildman–Crippen MR) is 109 cm³/mol. The minimum absolute atomic E-state index is 0.0508. The second-order valence-corrected chi connectivity index (χ2v) is 7.51. The Balaban J connectivity index is 2.02. The van der Waals surface area contributed by atoms with Crippen LogP contribution in [0.2, 0.25) is 0 Å². The lowest BCUT2D eigenvalue weighted by Gasteiger charge is -2.31. The summed E-state index contributed by atoms with van der Waals surface area (Å²) >= 11 is 0. The summed E-state index contributed by atoms with van der Waals surface area (Å²) in [6.45, 7) is 2.38. The van der Waals surface area contributed by atoms with Crippen molar-refractivity contribution in [3.8, 4) is 0 Å². The van der Waals surface area contributed by atoms with Gasteiger partial charge in [0.05, 0.1) is 11.1 Å². The van der Waals surface area contributed by atoms with Crippen molar-refractivity contribution in [3.05, 3.63) is 29.6 Å². The number of anilines is 1. The molecule has 0 spiro atoms. The van der Waals surface area contributed by atoms with Gasteiger partial charge in [-0.05, 0) is 31.9 Å². The standard InChI is InChI=1S/C20H28F3N5O2/c1-4-24-19(26-12-20(9-5-6-10-20)18(30)28(2)3)25-11-15(29)27-14-8-7-13(21)16(22)17(14)23/h7-8H,4-6,9-12H2,1-3H3,(H,27,29)(H2,24,25,26). The molecule has 0 heterocycles. The number of guanidine groups is 1. The van der Waals surface area contributed by atoms with Crippen LogP contribution in [0, 0.1) is 22.9 Å². The van der Waals surface area contributed by atoms with Crippen LogP contribution in [0.25, 0.3) is 0 Å². The van der Waals surface area contributed by atoms with E-state index in [-0.39, 0.29) is 12.5 Å². The summed E-state index contributed by atoms with van der Waals surface area (Å²) in [7, 11) is 3.45. The van der Waals surface area contributed by atoms with Gasteiger partial charge in [-0.3, -0.25) is 9.59 Å². The third-order valence-electron chi connectivity index (χ3n) is 5.05. The fourth-order valence-corrected chi connectivity index (χ4v) is 3.55. The number of halogens is 3. The van der Waals surface area contributed by atoms with Gasteiger partial charge in [0, 0.05) is 27.2 Å². The highest BCUT2D eigenvalue weighted by Gasteiger charge is 2.42. The summed E-state index contributed by atoms with van der Waals surface area (Å²) in [6.07, 6.45) is 3.48. The van der Waals surface area contributed by atoms with Crippen LogP contribution in [-0.4, -0.2) is 56.4 Å². The van der Waals surface area contributed by atoms with Crippen LogP contribution in [0.3, 0.4) is 0 Å². The predicted octanol–water partition coefficient (Wildman–Crippen LogP) is 2.25. The molecule has 3 N–H and O–H groups in total. The number of carbonyl (C=O) groups is 2. The lowest BCUT2D eigenvalue weighted by atomic mass is 9.84. The molecular weight excluding hydrogens is 399 g/mol. The largest absolute Gasteiger partial charge is 0.357 e. The molecule has 1 aliphatic carbocycles. The van der Waals surface area contributed by atoms with Crippen LogP contribution >= 0.6 is 0 Å². The fraction of sp³-hybridized carbons (Fsp3) is 0.550. The average molecular weight is 427 g/mol. The van der Waals surface area contributed by atoms with Gasteiger partial charge in [-0.2, -0.15) is 0 Å². The van der Waals surface area contributed by atoms with Crippen LogP contribution in [0.5, 0.6) is 0 Å². The Morgan fingerprint density at radius 1 is 1.10 bits per heavy atom. The second kappa shape index (κ2) is 10.3. The van der Waals surface area contributed by atoms with E-state index in [1.807, 2.05) is 6.92 Å². The van der Waals surface area contributed by atoms with E-state index in [0.717, 1.165) is 37.8 Å². The molecule has 30 heavy (non-hydrogen) atoms. The average Bonchev–Trinajstić information content (AvgIpc) is 3.20. The maximum absolute atomic E-state index is 13.7. The van der Waals surface area contributed by atoms with Crippen molar-refractivity contribution in [3.63, 3.8) is 0 Å². The van der Waals surface area contributed by atoms with Gasteiger partial charge in [0.15, 0.2) is 23.4 Å². The van der Waals surface area contributed by atoms with Gasteiger partial charge in [0.2, 0.25) is 11.8 Å². The minimum atomic E-state index is -1.65. The van der Waals surface area contributed by atoms with Gasteiger partial charge >= 0.3 is 0 Å². The summed E-state index contributed by atoms with van der Waals surface area (Å²) < 4.78 is 40.0. The Morgan fingerprint density at radius 2 is 1.77 bits per heavy atom. The lowest BCUT2D eigenvalue weighted by molar-refractivity contribution is -0.138. The number of nitrogens with one attached hydrogen (secondary N) is 3. The Hall–Kier alpha value is -2.78. The zero-order valence-corrected chi connectivity index (χ0v) is 17.4. The van der Waals surface area contributed by atoms with Gasteiger partial charge in [-0.15, -0.1) is 0 Å². The van der Waals surface area contributed by atoms with Gasteiger partial charge in [-0.1, -0.05) is 12.8 Å². The van der Waals surface area contributed by atoms with E-state index < -0.39 is 34.5 Å². The molecular formula is C20H28F3N5O2. The first-order valence-corrected chi connectivity index (χ1v) is 9.87. The molecule has 0 aliphatic heterocycles. The van der Waals surface area contributed by atoms with Gasteiger partial charge in [0.25, 0.3) is 0 Å². The molecule has 1 saturated carbocycles. The third kappa shape index (κ3) is 5.64. The number of hydrogen-bond acceptors (Lipinski definition) is 3. The SMILES string of the molecule is CCNC(=NCC(=O)Nc1ccc(F)c(F)c1F)NCC1(C(=O)N(C)C)CCCC1. The van der Waals surface area contributed by atoms with E-state index in [1.54, 1.807) is 19.0 Å². The third-order valence-corrected chi connectivity index (χ3v) is 5.05. The van der Waals surface area contributed by atoms with Gasteiger partial charge in [0.1, 0.15) is 6.54 Å². The van der Waals surface area contributed by atoms with Crippen LogP contribution in [0.15, 0.2) is 17.1 Å². The molecule has 166 valence electrons. The van der Waals surface area contributed by atoms with E-state index >= 15 is 0 Å². The first-order valence-electron chi connectivity index (χ1n) is 9.87. The quantitative estimate of drug-likeness (QED) is 0.354. The summed E-state index contributed by atoms with van der Waals surface area (Å²) in [5.74, 6) is -4.78. The summed E-state index contributed by atoms with van der Waals surface area (Å²) in [6, 6.07) is 1.67. The van der Waals surface area contributed by atoms with Crippen molar-refractivity contribution in [1.82, 2.24) is 15.5 Å². The zero-order valence-electron chi connectivity index (χ0n) is 17.4. The second-order valence-electron chi connectivity index (χ2n) is 7.51. The number of hydrogen-bond donors (Lipinski definition) is 3. The number of nitrogens with zero attached hydrogens (tertiary/aromatic N) is 2. The monoisotopic (exact) mass is 427 g/mol. The topological polar surface area (TPSA) is 85.8 Å². The maximum atomic E-state index is 13.7. The van der Waals surface area contributed by atoms with Crippen molar-refractivity contribution < 1.29 is 22.8 Å². The zero-order chi connectivity index (χ0) is 22.3. The van der Waals surface area contributed by atoms with Crippen molar-refractivity contribution in [2.24, 2.45) is 10.4 Å². The molecule has 0 aromatic heterocycles. The van der Waals surface area contributed by atoms with Crippen LogP contribution in [0.1, 0.15) is 32.6 Å². The molecule has 7 nitrogen and oxygen atoms in total. The molecule has 2 amide bonds. The molecule has 1 aromatic carbocycles. The number of rotatable bonds is 7. The van der Waals surface area contributed by atoms with E-state index in [2.05, 4.69) is 20.9 Å². The molecule has 0 bridgehead atoms. The molecule has 0 atom stereocenters. The van der Waals surface area contributed by atoms with Gasteiger partial charge in [-0.25, -0.2) is 18.2 Å². The van der Waals surface area contributed by atoms with Gasteiger partial charge < -0.3 is 20.9 Å². The minimum Gasteiger partial charge on any atom is -0.357 e. The van der Waals surface area contributed by atoms with E-state index in [1.165, 1.54) is 0 Å². The molecule has 1 aromatic rings. The van der Waals surface area contributed by atoms with Crippen molar-refractivity contribution in [2.75, 3.05) is 39.0 Å². The lowest BCUT2D eigenvalue weighted by Crippen LogP contribution is -2.49. The first kappa shape index (κ1) is 23.5. The summed E-state index contributed by atoms with van der Waals surface area (Å²) in [4.78, 5) is 30.5. The molecule has 1 fully saturated rings. The molecule has 1 aliphatic rings. The van der Waals surface area contributed by atoms with E-state index in [9.17, 15) is 22.8 Å². The van der Waals surface area contributed by atoms with Crippen molar-refractivity contribution >= 4 is 23.5 Å². The van der Waals surface area contributed by atoms with Crippen molar-refractivity contribution in [2.45, 2.75) is 32.6 Å². The Labute approximate surface area is 174 Å². The first-order chi connectivity index (χ1) is 14.2. The normalized spacial score (nSPS) is 15.6. The molecule has 0 unspecified atom stereocenters. The molecule has 0 saturated heterocycles. The molecule has 0 radical (unpaired) electrons. The molecule has 2 rings (SSSR count). The summed E-state index contributed by atoms with van der Waals surface area (Å²) in [5.41, 5.74) is -0.981. The Morgan fingerprint density at radius 3 is 2.37 bits per heavy atom. The van der Waals surface area contributed by atoms with E-state index in [0.29, 0.717) is 19.0 Å². The highest BCUT2D eigenvalue weighted by atomic mass is 19.2. The molecule has 10 heteroatoms. The highest BCUT2D eigenvalue weighted by molar-refractivity contribution is 5.94. The van der Waals surface area contributed by atoms with E-state index in [4.69, 9.17) is 0 Å². The smallest absolute Gasteiger partial charge is 0.246 e. The van der Waals surface area contributed by atoms with Crippen LogP contribution < -0.4 is 16.0 Å². The van der Waals surface area contributed by atoms with Crippen LogP contribution in [0.4, 0.5) is 18.9 Å². The number of aliphatic imine (C=N–C) groups is 1. The van der Waals surface area contributed by atoms with Crippen LogP contribution in [-0.2, 0) is 9.59 Å². The number of benzene rings is 1. The number of carbonyl (C=O) groups excluding carboxylic acids is 2. The highest BCUT2D eigenvalue weighted by Crippen LogP contribution is 2.38. The maximum Gasteiger partial charge on any atom is 0.246 e. The van der Waals surface area contributed by atoms with Crippen molar-refractivity contribution in [1.29, 1.82) is 0 Å². The fourth-order valence-electron chi connectivity index (χ4n) is 3.55. The Bertz CT molecular complexity index is 808. The summed E-state index contributed by atoms with van der Waals surface area (Å²) in [5, 5.41) is 8.27. The Kier molecular flexibility index (Phi) is 8.08.